The molecule has 5 aromatic carbocycles. The molecule has 5 rings (SSSR count). The first-order valence-corrected chi connectivity index (χ1v) is 20.9. The molecule has 5 aromatic rings. The van der Waals surface area contributed by atoms with Crippen LogP contribution in [0.4, 0.5) is 0 Å². The number of nitrogens with one attached hydrogen (secondary N) is 2. The lowest BCUT2D eigenvalue weighted by molar-refractivity contribution is -0.145. The first-order chi connectivity index (χ1) is 29.1. The summed E-state index contributed by atoms with van der Waals surface area (Å²) in [4.78, 5) is 72.9. The maximum Gasteiger partial charge on any atom is 0.242 e. The van der Waals surface area contributed by atoms with Gasteiger partial charge in [-0.1, -0.05) is 128 Å². The zero-order chi connectivity index (χ0) is 42.9. The molecule has 0 saturated heterocycles. The van der Waals surface area contributed by atoms with E-state index < -0.39 is 29.7 Å². The Morgan fingerprint density at radius 2 is 1.22 bits per heavy atom. The van der Waals surface area contributed by atoms with E-state index in [-0.39, 0.29) is 51.7 Å². The van der Waals surface area contributed by atoms with Crippen LogP contribution in [0.1, 0.15) is 61.3 Å². The number of rotatable bonds is 23. The average molecular weight is 814 g/mol. The molecular weight excluding hydrogens is 755 g/mol. The molecule has 0 bridgehead atoms. The molecule has 0 aliphatic carbocycles. The molecule has 316 valence electrons. The summed E-state index contributed by atoms with van der Waals surface area (Å²) in [5.74, 6) is -2.29. The summed E-state index contributed by atoms with van der Waals surface area (Å²) in [6.07, 6.45) is 3.01. The van der Waals surface area contributed by atoms with Crippen LogP contribution in [-0.4, -0.2) is 89.5 Å². The van der Waals surface area contributed by atoms with E-state index in [0.717, 1.165) is 50.2 Å². The third-order valence-electron chi connectivity index (χ3n) is 10.7. The SMILES string of the molecule is CCCCN(CC(=O)N[C@@H](CCCCN)C(N)=O)C(=O)CN(Cc1cccc2ccccc12)C(=O)CN(Cc1ccc(C)cc1)C(=O)CNCc1cccc2ccccc12. The van der Waals surface area contributed by atoms with Crippen LogP contribution in [0.2, 0.25) is 0 Å². The molecule has 0 spiro atoms. The predicted molar refractivity (Wildman–Crippen MR) is 237 cm³/mol. The molecule has 6 N–H and O–H groups in total. The normalized spacial score (nSPS) is 11.6. The third kappa shape index (κ3) is 13.2. The molecule has 12 nitrogen and oxygen atoms in total. The van der Waals surface area contributed by atoms with Crippen molar-refractivity contribution in [2.75, 3.05) is 39.3 Å². The van der Waals surface area contributed by atoms with Gasteiger partial charge in [0.25, 0.3) is 0 Å². The highest BCUT2D eigenvalue weighted by Gasteiger charge is 2.28. The topological polar surface area (TPSA) is 171 Å². The number of aryl methyl sites for hydroxylation is 1. The maximum atomic E-state index is 14.6. The second kappa shape index (κ2) is 22.9. The van der Waals surface area contributed by atoms with Gasteiger partial charge in [-0.25, -0.2) is 0 Å². The van der Waals surface area contributed by atoms with Gasteiger partial charge in [0, 0.05) is 26.2 Å². The molecule has 12 heteroatoms. The van der Waals surface area contributed by atoms with E-state index in [1.165, 1.54) is 14.7 Å². The van der Waals surface area contributed by atoms with Crippen molar-refractivity contribution >= 4 is 51.1 Å². The number of carbonyl (C=O) groups is 5. The standard InChI is InChI=1S/C48H59N7O5/c1-3-4-27-53(32-44(56)52-43(48(50)60)21-9-10-26-49)46(58)33-55(31-40-18-12-16-38-14-6-8-20-42(38)40)47(59)34-54(30-36-24-22-35(2)23-25-36)45(57)29-51-28-39-17-11-15-37-13-5-7-19-41(37)39/h5-8,11-20,22-25,43,51H,3-4,9-10,21,26-34,49H2,1-2H3,(H2,50,60)(H,52,56)/t43-/m0/s1. The molecule has 60 heavy (non-hydrogen) atoms. The molecule has 0 aliphatic heterocycles. The van der Waals surface area contributed by atoms with Gasteiger partial charge in [0.1, 0.15) is 19.1 Å². The minimum atomic E-state index is -0.893. The van der Waals surface area contributed by atoms with Crippen LogP contribution in [0.5, 0.6) is 0 Å². The van der Waals surface area contributed by atoms with Crippen LogP contribution in [0.3, 0.4) is 0 Å². The lowest BCUT2D eigenvalue weighted by Gasteiger charge is -2.30. The third-order valence-corrected chi connectivity index (χ3v) is 10.7. The van der Waals surface area contributed by atoms with Crippen LogP contribution in [0, 0.1) is 6.92 Å². The number of nitrogens with two attached hydrogens (primary N) is 2. The highest BCUT2D eigenvalue weighted by molar-refractivity contribution is 5.93. The zero-order valence-electron chi connectivity index (χ0n) is 34.9. The van der Waals surface area contributed by atoms with Gasteiger partial charge in [-0.15, -0.1) is 0 Å². The van der Waals surface area contributed by atoms with E-state index in [1.54, 1.807) is 0 Å². The Balaban J connectivity index is 1.38. The van der Waals surface area contributed by atoms with Crippen molar-refractivity contribution in [3.63, 3.8) is 0 Å². The summed E-state index contributed by atoms with van der Waals surface area (Å²) in [5, 5.41) is 10.1. The summed E-state index contributed by atoms with van der Waals surface area (Å²) in [5.41, 5.74) is 15.0. The number of hydrogen-bond donors (Lipinski definition) is 4. The Morgan fingerprint density at radius 1 is 0.633 bits per heavy atom. The van der Waals surface area contributed by atoms with Gasteiger partial charge in [0.05, 0.1) is 13.1 Å². The van der Waals surface area contributed by atoms with Crippen LogP contribution < -0.4 is 22.1 Å². The van der Waals surface area contributed by atoms with E-state index in [1.807, 2.05) is 105 Å². The highest BCUT2D eigenvalue weighted by atomic mass is 16.2. The Morgan fingerprint density at radius 3 is 1.85 bits per heavy atom. The number of carbonyl (C=O) groups excluding carboxylic acids is 5. The predicted octanol–water partition coefficient (Wildman–Crippen LogP) is 5.18. The molecule has 0 radical (unpaired) electrons. The van der Waals surface area contributed by atoms with Gasteiger partial charge in [-0.3, -0.25) is 24.0 Å². The molecule has 0 aliphatic rings. The van der Waals surface area contributed by atoms with Crippen LogP contribution in [0.25, 0.3) is 21.5 Å². The number of hydrogen-bond acceptors (Lipinski definition) is 7. The number of benzene rings is 5. The molecule has 1 atom stereocenters. The molecule has 0 saturated carbocycles. The summed E-state index contributed by atoms with van der Waals surface area (Å²) >= 11 is 0. The summed E-state index contributed by atoms with van der Waals surface area (Å²) < 4.78 is 0. The second-order valence-corrected chi connectivity index (χ2v) is 15.3. The Labute approximate surface area is 353 Å². The lowest BCUT2D eigenvalue weighted by atomic mass is 10.0. The second-order valence-electron chi connectivity index (χ2n) is 15.3. The smallest absolute Gasteiger partial charge is 0.242 e. The van der Waals surface area contributed by atoms with Gasteiger partial charge in [-0.2, -0.15) is 0 Å². The Hall–Kier alpha value is -6.11. The van der Waals surface area contributed by atoms with Crippen LogP contribution in [0.15, 0.2) is 109 Å². The van der Waals surface area contributed by atoms with Gasteiger partial charge >= 0.3 is 0 Å². The molecule has 5 amide bonds. The largest absolute Gasteiger partial charge is 0.368 e. The quantitative estimate of drug-likeness (QED) is 0.0659. The number of amides is 5. The fourth-order valence-corrected chi connectivity index (χ4v) is 7.24. The van der Waals surface area contributed by atoms with E-state index in [4.69, 9.17) is 11.5 Å². The summed E-state index contributed by atoms with van der Waals surface area (Å²) in [6, 6.07) is 34.8. The minimum absolute atomic E-state index is 0.0109. The van der Waals surface area contributed by atoms with E-state index >= 15 is 0 Å². The Kier molecular flexibility index (Phi) is 17.2. The van der Waals surface area contributed by atoms with Crippen LogP contribution >= 0.6 is 0 Å². The van der Waals surface area contributed by atoms with Crippen molar-refractivity contribution in [3.05, 3.63) is 131 Å². The zero-order valence-corrected chi connectivity index (χ0v) is 34.9. The van der Waals surface area contributed by atoms with Gasteiger partial charge < -0.3 is 36.8 Å². The molecule has 0 fully saturated rings. The maximum absolute atomic E-state index is 14.6. The number of unbranched alkanes of at least 4 members (excludes halogenated alkanes) is 2. The lowest BCUT2D eigenvalue weighted by Crippen LogP contribution is -2.51. The van der Waals surface area contributed by atoms with Crippen LogP contribution in [-0.2, 0) is 43.6 Å². The minimum Gasteiger partial charge on any atom is -0.368 e. The number of fused-ring (bicyclic) bond motifs is 2. The first kappa shape index (κ1) is 45.0. The van der Waals surface area contributed by atoms with Gasteiger partial charge in [0.15, 0.2) is 0 Å². The van der Waals surface area contributed by atoms with Crippen molar-refractivity contribution in [3.8, 4) is 0 Å². The fourth-order valence-electron chi connectivity index (χ4n) is 7.24. The van der Waals surface area contributed by atoms with E-state index in [9.17, 15) is 24.0 Å². The number of primary amides is 1. The monoisotopic (exact) mass is 813 g/mol. The van der Waals surface area contributed by atoms with Crippen molar-refractivity contribution < 1.29 is 24.0 Å². The van der Waals surface area contributed by atoms with Crippen molar-refractivity contribution in [1.82, 2.24) is 25.3 Å². The average Bonchev–Trinajstić information content (AvgIpc) is 3.25. The first-order valence-electron chi connectivity index (χ1n) is 20.9. The van der Waals surface area contributed by atoms with Crippen molar-refractivity contribution in [2.24, 2.45) is 11.5 Å². The summed E-state index contributed by atoms with van der Waals surface area (Å²) in [7, 11) is 0. The molecule has 0 unspecified atom stereocenters. The van der Waals surface area contributed by atoms with Gasteiger partial charge in [-0.05, 0) is 77.4 Å². The molecular formula is C48H59N7O5. The van der Waals surface area contributed by atoms with Gasteiger partial charge in [0.2, 0.25) is 29.5 Å². The molecule has 0 heterocycles. The highest BCUT2D eigenvalue weighted by Crippen LogP contribution is 2.21. The molecule has 0 aromatic heterocycles. The van der Waals surface area contributed by atoms with Crippen molar-refractivity contribution in [2.45, 2.75) is 71.6 Å². The van der Waals surface area contributed by atoms with E-state index in [2.05, 4.69) is 28.8 Å². The van der Waals surface area contributed by atoms with E-state index in [0.29, 0.717) is 38.8 Å². The Bertz CT molecular complexity index is 2220. The fraction of sp³-hybridized carbons (Fsp3) is 0.354. The summed E-state index contributed by atoms with van der Waals surface area (Å²) in [6.45, 7) is 4.50. The number of nitrogens with zero attached hydrogens (tertiary/aromatic N) is 3. The van der Waals surface area contributed by atoms with Crippen molar-refractivity contribution in [1.29, 1.82) is 0 Å².